The first-order valence-electron chi connectivity index (χ1n) is 7.28. The van der Waals surface area contributed by atoms with Crippen molar-refractivity contribution in [1.29, 1.82) is 5.26 Å². The minimum absolute atomic E-state index is 0.306. The van der Waals surface area contributed by atoms with E-state index in [2.05, 4.69) is 11.0 Å². The number of hydrogen-bond donors (Lipinski definition) is 1. The first-order chi connectivity index (χ1) is 9.81. The summed E-state index contributed by atoms with van der Waals surface area (Å²) in [4.78, 5) is 2.45. The molecule has 1 saturated heterocycles. The van der Waals surface area contributed by atoms with E-state index >= 15 is 0 Å². The first kappa shape index (κ1) is 14.8. The summed E-state index contributed by atoms with van der Waals surface area (Å²) in [5.74, 6) is 1.49. The van der Waals surface area contributed by atoms with Crippen LogP contribution < -0.4 is 4.74 Å². The van der Waals surface area contributed by atoms with E-state index in [4.69, 9.17) is 15.1 Å². The first-order valence-corrected chi connectivity index (χ1v) is 7.28. The SMILES string of the molecule is N#Cc1ccc(OCCCN2CCC(CCO)C2)cc1. The molecular formula is C16H22N2O2. The van der Waals surface area contributed by atoms with Crippen LogP contribution in [0.2, 0.25) is 0 Å². The molecule has 1 aliphatic heterocycles. The van der Waals surface area contributed by atoms with Crippen LogP contribution in [0.15, 0.2) is 24.3 Å². The minimum atomic E-state index is 0.306. The Labute approximate surface area is 120 Å². The van der Waals surface area contributed by atoms with Gasteiger partial charge in [-0.15, -0.1) is 0 Å². The van der Waals surface area contributed by atoms with Gasteiger partial charge in [-0.1, -0.05) is 0 Å². The lowest BCUT2D eigenvalue weighted by Crippen LogP contribution is -2.23. The van der Waals surface area contributed by atoms with Gasteiger partial charge in [0.1, 0.15) is 5.75 Å². The largest absolute Gasteiger partial charge is 0.494 e. The van der Waals surface area contributed by atoms with Gasteiger partial charge in [-0.2, -0.15) is 5.26 Å². The lowest BCUT2D eigenvalue weighted by atomic mass is 10.1. The maximum atomic E-state index is 8.93. The number of likely N-dealkylation sites (tertiary alicyclic amines) is 1. The Morgan fingerprint density at radius 1 is 1.35 bits per heavy atom. The molecule has 20 heavy (non-hydrogen) atoms. The molecule has 0 radical (unpaired) electrons. The predicted molar refractivity (Wildman–Crippen MR) is 77.5 cm³/mol. The van der Waals surface area contributed by atoms with Gasteiger partial charge in [0, 0.05) is 19.7 Å². The molecule has 1 aliphatic rings. The predicted octanol–water partition coefficient (Wildman–Crippen LogP) is 2.03. The fraction of sp³-hybridized carbons (Fsp3) is 0.562. The van der Waals surface area contributed by atoms with Crippen molar-refractivity contribution in [3.63, 3.8) is 0 Å². The molecule has 1 heterocycles. The summed E-state index contributed by atoms with van der Waals surface area (Å²) in [6.07, 6.45) is 3.14. The van der Waals surface area contributed by atoms with Crippen molar-refractivity contribution in [2.45, 2.75) is 19.3 Å². The van der Waals surface area contributed by atoms with E-state index in [9.17, 15) is 0 Å². The zero-order valence-electron chi connectivity index (χ0n) is 11.8. The second-order valence-electron chi connectivity index (χ2n) is 5.31. The maximum Gasteiger partial charge on any atom is 0.119 e. The smallest absolute Gasteiger partial charge is 0.119 e. The van der Waals surface area contributed by atoms with Gasteiger partial charge in [0.2, 0.25) is 0 Å². The fourth-order valence-electron chi connectivity index (χ4n) is 2.64. The number of aliphatic hydroxyl groups excluding tert-OH is 1. The molecule has 1 fully saturated rings. The Hall–Kier alpha value is -1.57. The normalized spacial score (nSPS) is 18.9. The summed E-state index contributed by atoms with van der Waals surface area (Å²) in [6, 6.07) is 9.32. The summed E-state index contributed by atoms with van der Waals surface area (Å²) in [5.41, 5.74) is 0.657. The second-order valence-corrected chi connectivity index (χ2v) is 5.31. The van der Waals surface area contributed by atoms with Crippen molar-refractivity contribution in [3.8, 4) is 11.8 Å². The summed E-state index contributed by atoms with van der Waals surface area (Å²) in [6.45, 7) is 4.31. The minimum Gasteiger partial charge on any atom is -0.494 e. The number of nitrogens with zero attached hydrogens (tertiary/aromatic N) is 2. The average molecular weight is 274 g/mol. The number of aliphatic hydroxyl groups is 1. The third-order valence-electron chi connectivity index (χ3n) is 3.78. The van der Waals surface area contributed by atoms with Gasteiger partial charge in [0.25, 0.3) is 0 Å². The quantitative estimate of drug-likeness (QED) is 0.773. The Morgan fingerprint density at radius 2 is 2.15 bits per heavy atom. The summed E-state index contributed by atoms with van der Waals surface area (Å²) >= 11 is 0. The molecule has 0 bridgehead atoms. The maximum absolute atomic E-state index is 8.93. The van der Waals surface area contributed by atoms with E-state index in [0.29, 0.717) is 24.7 Å². The van der Waals surface area contributed by atoms with Crippen LogP contribution in [0.5, 0.6) is 5.75 Å². The molecule has 108 valence electrons. The zero-order chi connectivity index (χ0) is 14.2. The Kier molecular flexibility index (Phi) is 5.85. The van der Waals surface area contributed by atoms with Gasteiger partial charge in [-0.25, -0.2) is 0 Å². The van der Waals surface area contributed by atoms with Crippen LogP contribution in [0.1, 0.15) is 24.8 Å². The van der Waals surface area contributed by atoms with Crippen molar-refractivity contribution in [2.24, 2.45) is 5.92 Å². The molecular weight excluding hydrogens is 252 g/mol. The van der Waals surface area contributed by atoms with Crippen LogP contribution in [0.4, 0.5) is 0 Å². The van der Waals surface area contributed by atoms with Gasteiger partial charge < -0.3 is 14.7 Å². The molecule has 1 N–H and O–H groups in total. The number of nitriles is 1. The van der Waals surface area contributed by atoms with E-state index in [1.54, 1.807) is 12.1 Å². The standard InChI is InChI=1S/C16H22N2O2/c17-12-14-2-4-16(5-3-14)20-11-1-8-18-9-6-15(13-18)7-10-19/h2-5,15,19H,1,6-11,13H2. The molecule has 4 nitrogen and oxygen atoms in total. The highest BCUT2D eigenvalue weighted by molar-refractivity contribution is 5.34. The second kappa shape index (κ2) is 7.88. The molecule has 1 unspecified atom stereocenters. The molecule has 1 aromatic carbocycles. The van der Waals surface area contributed by atoms with Crippen molar-refractivity contribution >= 4 is 0 Å². The van der Waals surface area contributed by atoms with E-state index in [0.717, 1.165) is 38.2 Å². The highest BCUT2D eigenvalue weighted by atomic mass is 16.5. The van der Waals surface area contributed by atoms with Crippen molar-refractivity contribution in [3.05, 3.63) is 29.8 Å². The zero-order valence-corrected chi connectivity index (χ0v) is 11.8. The van der Waals surface area contributed by atoms with Gasteiger partial charge in [-0.3, -0.25) is 0 Å². The van der Waals surface area contributed by atoms with Gasteiger partial charge in [0.05, 0.1) is 18.2 Å². The van der Waals surface area contributed by atoms with Crippen molar-refractivity contribution in [1.82, 2.24) is 4.90 Å². The van der Waals surface area contributed by atoms with E-state index in [1.807, 2.05) is 12.1 Å². The lowest BCUT2D eigenvalue weighted by molar-refractivity contribution is 0.239. The van der Waals surface area contributed by atoms with Crippen LogP contribution in [-0.4, -0.2) is 42.9 Å². The molecule has 4 heteroatoms. The van der Waals surface area contributed by atoms with E-state index in [-0.39, 0.29) is 0 Å². The third kappa shape index (κ3) is 4.52. The Balaban J connectivity index is 1.61. The molecule has 0 saturated carbocycles. The molecule has 0 aliphatic carbocycles. The van der Waals surface area contributed by atoms with Crippen LogP contribution in [0, 0.1) is 17.2 Å². The van der Waals surface area contributed by atoms with Crippen LogP contribution in [-0.2, 0) is 0 Å². The summed E-state index contributed by atoms with van der Waals surface area (Å²) in [7, 11) is 0. The van der Waals surface area contributed by atoms with Crippen molar-refractivity contribution < 1.29 is 9.84 Å². The molecule has 0 amide bonds. The van der Waals surface area contributed by atoms with Crippen LogP contribution in [0.25, 0.3) is 0 Å². The van der Waals surface area contributed by atoms with Crippen LogP contribution >= 0.6 is 0 Å². The van der Waals surface area contributed by atoms with Crippen LogP contribution in [0.3, 0.4) is 0 Å². The molecule has 1 aromatic rings. The Bertz CT molecular complexity index is 439. The summed E-state index contributed by atoms with van der Waals surface area (Å²) in [5, 5.41) is 17.6. The van der Waals surface area contributed by atoms with E-state index < -0.39 is 0 Å². The van der Waals surface area contributed by atoms with Gasteiger partial charge >= 0.3 is 0 Å². The average Bonchev–Trinajstić information content (AvgIpc) is 2.92. The van der Waals surface area contributed by atoms with Gasteiger partial charge in [0.15, 0.2) is 0 Å². The molecule has 0 spiro atoms. The van der Waals surface area contributed by atoms with Gasteiger partial charge in [-0.05, 0) is 56.0 Å². The number of benzene rings is 1. The van der Waals surface area contributed by atoms with Crippen molar-refractivity contribution in [2.75, 3.05) is 32.8 Å². The van der Waals surface area contributed by atoms with E-state index in [1.165, 1.54) is 6.42 Å². The highest BCUT2D eigenvalue weighted by Crippen LogP contribution is 2.19. The molecule has 1 atom stereocenters. The number of rotatable bonds is 7. The topological polar surface area (TPSA) is 56.5 Å². The monoisotopic (exact) mass is 274 g/mol. The lowest BCUT2D eigenvalue weighted by Gasteiger charge is -2.15. The summed E-state index contributed by atoms with van der Waals surface area (Å²) < 4.78 is 5.66. The number of ether oxygens (including phenoxy) is 1. The highest BCUT2D eigenvalue weighted by Gasteiger charge is 2.21. The molecule has 0 aromatic heterocycles. The Morgan fingerprint density at radius 3 is 2.85 bits per heavy atom. The fourth-order valence-corrected chi connectivity index (χ4v) is 2.64. The number of hydrogen-bond acceptors (Lipinski definition) is 4. The molecule has 2 rings (SSSR count). The third-order valence-corrected chi connectivity index (χ3v) is 3.78.